The topological polar surface area (TPSA) is 135 Å². The SMILES string of the molecule is O=C(Nc1ccc2oc(-c3ccnc(C(=O)N4CCN([C@@H](c5ccsc5)c5nnn(C(F)F)n5)CC4)c3)nc2c1)[C@@H]1C[C@@H]1F. The number of nitrogens with one attached hydrogen (secondary N) is 1. The number of tetrazole rings is 1. The lowest BCUT2D eigenvalue weighted by Gasteiger charge is -2.38. The van der Waals surface area contributed by atoms with E-state index in [1.807, 2.05) is 21.7 Å². The molecule has 1 aromatic carbocycles. The minimum Gasteiger partial charge on any atom is -0.436 e. The molecule has 0 radical (unpaired) electrons. The highest BCUT2D eigenvalue weighted by Gasteiger charge is 2.43. The number of halogens is 3. The van der Waals surface area contributed by atoms with Crippen LogP contribution < -0.4 is 5.32 Å². The van der Waals surface area contributed by atoms with E-state index < -0.39 is 24.7 Å². The summed E-state index contributed by atoms with van der Waals surface area (Å²) >= 11 is 1.48. The van der Waals surface area contributed by atoms with Crippen LogP contribution in [0.5, 0.6) is 0 Å². The molecule has 1 aliphatic heterocycles. The van der Waals surface area contributed by atoms with E-state index in [0.29, 0.717) is 48.5 Å². The van der Waals surface area contributed by atoms with Gasteiger partial charge in [-0.25, -0.2) is 9.37 Å². The number of thiophene rings is 1. The summed E-state index contributed by atoms with van der Waals surface area (Å²) in [5.41, 5.74) is 3.09. The van der Waals surface area contributed by atoms with Crippen LogP contribution in [-0.4, -0.2) is 84.1 Å². The van der Waals surface area contributed by atoms with E-state index in [1.165, 1.54) is 17.5 Å². The van der Waals surface area contributed by atoms with E-state index in [9.17, 15) is 22.8 Å². The fourth-order valence-corrected chi connectivity index (χ4v) is 5.89. The highest BCUT2D eigenvalue weighted by atomic mass is 32.1. The Morgan fingerprint density at radius 2 is 1.91 bits per heavy atom. The minimum absolute atomic E-state index is 0.169. The lowest BCUT2D eigenvalue weighted by molar-refractivity contribution is -0.117. The first-order valence-corrected chi connectivity index (χ1v) is 14.7. The van der Waals surface area contributed by atoms with Gasteiger partial charge in [0.05, 0.1) is 5.92 Å². The molecule has 44 heavy (non-hydrogen) atoms. The summed E-state index contributed by atoms with van der Waals surface area (Å²) in [6, 6.07) is 9.68. The van der Waals surface area contributed by atoms with Gasteiger partial charge in [0.1, 0.15) is 23.4 Å². The van der Waals surface area contributed by atoms with Gasteiger partial charge in [-0.15, -0.1) is 10.2 Å². The van der Waals surface area contributed by atoms with Gasteiger partial charge in [-0.05, 0) is 64.4 Å². The largest absolute Gasteiger partial charge is 0.436 e. The van der Waals surface area contributed by atoms with Crippen molar-refractivity contribution >= 4 is 39.9 Å². The zero-order chi connectivity index (χ0) is 30.4. The highest BCUT2D eigenvalue weighted by Crippen LogP contribution is 2.35. The van der Waals surface area contributed by atoms with Crippen LogP contribution in [0.25, 0.3) is 22.6 Å². The number of aromatic nitrogens is 6. The summed E-state index contributed by atoms with van der Waals surface area (Å²) in [7, 11) is 0. The molecule has 226 valence electrons. The Labute approximate surface area is 251 Å². The predicted molar refractivity (Wildman–Crippen MR) is 152 cm³/mol. The van der Waals surface area contributed by atoms with Crippen molar-refractivity contribution < 1.29 is 27.2 Å². The standard InChI is InChI=1S/C28H24F3N9O3S/c29-19-13-18(19)25(41)33-17-1-2-22-20(12-17)34-26(43-22)15-3-5-32-21(11-15)27(42)39-8-6-38(7-9-39)23(16-4-10-44-14-16)24-35-37-40(36-24)28(30)31/h1-5,10-12,14,18-19,23,28H,6-9,13H2,(H,33,41)/t18-,19+,23+/m1/s1. The monoisotopic (exact) mass is 623 g/mol. The fraction of sp³-hybridized carbons (Fsp3) is 0.321. The van der Waals surface area contributed by atoms with Crippen LogP contribution >= 0.6 is 11.3 Å². The molecule has 4 aromatic heterocycles. The maximum atomic E-state index is 13.4. The van der Waals surface area contributed by atoms with Gasteiger partial charge < -0.3 is 14.6 Å². The number of hydrogen-bond acceptors (Lipinski definition) is 10. The van der Waals surface area contributed by atoms with Gasteiger partial charge in [0.2, 0.25) is 11.8 Å². The normalized spacial score (nSPS) is 19.4. The number of fused-ring (bicyclic) bond motifs is 1. The van der Waals surface area contributed by atoms with E-state index in [1.54, 1.807) is 35.2 Å². The van der Waals surface area contributed by atoms with Gasteiger partial charge in [-0.2, -0.15) is 20.1 Å². The van der Waals surface area contributed by atoms with E-state index in [4.69, 9.17) is 4.42 Å². The number of nitrogens with zero attached hydrogens (tertiary/aromatic N) is 8. The second-order valence-electron chi connectivity index (χ2n) is 10.5. The lowest BCUT2D eigenvalue weighted by atomic mass is 10.1. The third-order valence-corrected chi connectivity index (χ3v) is 8.32. The quantitative estimate of drug-likeness (QED) is 0.270. The number of carbonyl (C=O) groups excluding carboxylic acids is 2. The molecule has 16 heteroatoms. The first-order valence-electron chi connectivity index (χ1n) is 13.8. The summed E-state index contributed by atoms with van der Waals surface area (Å²) in [5, 5.41) is 17.8. The second kappa shape index (κ2) is 11.4. The zero-order valence-electron chi connectivity index (χ0n) is 22.9. The number of oxazole rings is 1. The van der Waals surface area contributed by atoms with E-state index in [-0.39, 0.29) is 40.4 Å². The van der Waals surface area contributed by atoms with Crippen molar-refractivity contribution in [2.75, 3.05) is 31.5 Å². The molecule has 1 aliphatic carbocycles. The smallest absolute Gasteiger partial charge is 0.350 e. The number of hydrogen-bond donors (Lipinski definition) is 1. The molecular formula is C28H24F3N9O3S. The predicted octanol–water partition coefficient (Wildman–Crippen LogP) is 4.18. The van der Waals surface area contributed by atoms with Crippen molar-refractivity contribution in [2.24, 2.45) is 5.92 Å². The van der Waals surface area contributed by atoms with Gasteiger partial charge in [0.25, 0.3) is 5.91 Å². The first kappa shape index (κ1) is 28.1. The van der Waals surface area contributed by atoms with Crippen LogP contribution in [0, 0.1) is 5.92 Å². The molecule has 0 spiro atoms. The van der Waals surface area contributed by atoms with Crippen LogP contribution in [0.2, 0.25) is 0 Å². The molecule has 0 unspecified atom stereocenters. The number of amides is 2. The number of rotatable bonds is 8. The Morgan fingerprint density at radius 1 is 1.09 bits per heavy atom. The van der Waals surface area contributed by atoms with Crippen molar-refractivity contribution in [1.29, 1.82) is 0 Å². The van der Waals surface area contributed by atoms with Gasteiger partial charge in [0, 0.05) is 43.6 Å². The summed E-state index contributed by atoms with van der Waals surface area (Å²) < 4.78 is 45.4. The third-order valence-electron chi connectivity index (χ3n) is 7.62. The molecule has 2 aliphatic rings. The number of carbonyl (C=O) groups is 2. The van der Waals surface area contributed by atoms with Gasteiger partial charge >= 0.3 is 6.55 Å². The molecule has 3 atom stereocenters. The number of alkyl halides is 3. The zero-order valence-corrected chi connectivity index (χ0v) is 23.7. The van der Waals surface area contributed by atoms with Crippen molar-refractivity contribution in [3.8, 4) is 11.5 Å². The van der Waals surface area contributed by atoms with Gasteiger partial charge in [0.15, 0.2) is 11.4 Å². The number of pyridine rings is 1. The van der Waals surface area contributed by atoms with Crippen LogP contribution in [0.15, 0.2) is 57.8 Å². The molecule has 1 saturated heterocycles. The molecule has 2 fully saturated rings. The average molecular weight is 624 g/mol. The minimum atomic E-state index is -2.89. The fourth-order valence-electron chi connectivity index (χ4n) is 5.21. The number of benzene rings is 1. The Kier molecular flexibility index (Phi) is 7.29. The van der Waals surface area contributed by atoms with Crippen LogP contribution in [0.4, 0.5) is 18.9 Å². The van der Waals surface area contributed by atoms with E-state index >= 15 is 0 Å². The molecule has 7 rings (SSSR count). The lowest BCUT2D eigenvalue weighted by Crippen LogP contribution is -2.50. The molecule has 1 saturated carbocycles. The Morgan fingerprint density at radius 3 is 2.61 bits per heavy atom. The van der Waals surface area contributed by atoms with Crippen molar-refractivity contribution in [3.05, 3.63) is 70.4 Å². The average Bonchev–Trinajstić information content (AvgIpc) is 3.48. The summed E-state index contributed by atoms with van der Waals surface area (Å²) in [5.74, 6) is -0.797. The Hall–Kier alpha value is -4.70. The summed E-state index contributed by atoms with van der Waals surface area (Å²) in [4.78, 5) is 38.4. The number of anilines is 1. The Balaban J connectivity index is 1.04. The number of piperazine rings is 1. The molecule has 1 N–H and O–H groups in total. The van der Waals surface area contributed by atoms with E-state index in [0.717, 1.165) is 5.56 Å². The maximum absolute atomic E-state index is 13.4. The van der Waals surface area contributed by atoms with Crippen LogP contribution in [0.3, 0.4) is 0 Å². The second-order valence-corrected chi connectivity index (χ2v) is 11.3. The highest BCUT2D eigenvalue weighted by molar-refractivity contribution is 7.08. The molecule has 2 amide bonds. The van der Waals surface area contributed by atoms with Crippen LogP contribution in [0.1, 0.15) is 40.9 Å². The first-order chi connectivity index (χ1) is 21.3. The Bertz CT molecular complexity index is 1820. The van der Waals surface area contributed by atoms with Gasteiger partial charge in [-0.3, -0.25) is 19.5 Å². The summed E-state index contributed by atoms with van der Waals surface area (Å²) in [6.45, 7) is -1.25. The van der Waals surface area contributed by atoms with E-state index in [2.05, 4.69) is 30.7 Å². The van der Waals surface area contributed by atoms with Crippen molar-refractivity contribution in [2.45, 2.75) is 25.2 Å². The molecule has 0 bridgehead atoms. The maximum Gasteiger partial charge on any atom is 0.350 e. The summed E-state index contributed by atoms with van der Waals surface area (Å²) in [6.07, 6.45) is 0.655. The molecule has 5 aromatic rings. The molecule has 5 heterocycles. The molecule has 12 nitrogen and oxygen atoms in total. The van der Waals surface area contributed by atoms with Gasteiger partial charge in [-0.1, -0.05) is 4.80 Å². The molecular weight excluding hydrogens is 599 g/mol. The third kappa shape index (κ3) is 5.53. The van der Waals surface area contributed by atoms with Crippen LogP contribution in [-0.2, 0) is 4.79 Å². The van der Waals surface area contributed by atoms with Crippen molar-refractivity contribution in [1.82, 2.24) is 40.0 Å². The van der Waals surface area contributed by atoms with Crippen molar-refractivity contribution in [3.63, 3.8) is 0 Å².